The fourth-order valence-electron chi connectivity index (χ4n) is 3.67. The van der Waals surface area contributed by atoms with Crippen molar-refractivity contribution in [1.29, 1.82) is 0 Å². The molecule has 0 aromatic heterocycles. The lowest BCUT2D eigenvalue weighted by Gasteiger charge is -2.11. The molecule has 0 aliphatic carbocycles. The van der Waals surface area contributed by atoms with Gasteiger partial charge in [-0.3, -0.25) is 4.79 Å². The smallest absolute Gasteiger partial charge is 0.343 e. The summed E-state index contributed by atoms with van der Waals surface area (Å²) in [5.74, 6) is 0.420. The summed E-state index contributed by atoms with van der Waals surface area (Å²) < 4.78 is 10.8. The van der Waals surface area contributed by atoms with Gasteiger partial charge in [0.15, 0.2) is 0 Å². The van der Waals surface area contributed by atoms with E-state index in [4.69, 9.17) is 9.47 Å². The number of hydrazone groups is 1. The third kappa shape index (κ3) is 7.17. The summed E-state index contributed by atoms with van der Waals surface area (Å²) in [5, 5.41) is 6.00. The Morgan fingerprint density at radius 2 is 1.65 bits per heavy atom. The van der Waals surface area contributed by atoms with Crippen LogP contribution in [0.1, 0.15) is 67.8 Å². The van der Waals surface area contributed by atoms with Crippen LogP contribution in [0.15, 0.2) is 65.8 Å². The molecule has 0 heterocycles. The first-order valence-electron chi connectivity index (χ1n) is 11.8. The normalized spacial score (nSPS) is 11.0. The van der Waals surface area contributed by atoms with Crippen molar-refractivity contribution in [3.05, 3.63) is 71.8 Å². The molecule has 0 bridgehead atoms. The van der Waals surface area contributed by atoms with E-state index in [1.807, 2.05) is 30.3 Å². The van der Waals surface area contributed by atoms with E-state index >= 15 is 0 Å². The van der Waals surface area contributed by atoms with Gasteiger partial charge in [-0.1, -0.05) is 69.4 Å². The van der Waals surface area contributed by atoms with Crippen molar-refractivity contribution in [3.8, 4) is 11.5 Å². The largest absolute Gasteiger partial charge is 0.497 e. The van der Waals surface area contributed by atoms with Gasteiger partial charge in [-0.25, -0.2) is 10.2 Å². The summed E-state index contributed by atoms with van der Waals surface area (Å²) in [6, 6.07) is 18.1. The molecule has 0 spiro atoms. The molecule has 0 unspecified atom stereocenters. The van der Waals surface area contributed by atoms with Crippen LogP contribution in [0.25, 0.3) is 10.8 Å². The van der Waals surface area contributed by atoms with Crippen molar-refractivity contribution in [3.63, 3.8) is 0 Å². The zero-order chi connectivity index (χ0) is 24.2. The second-order valence-corrected chi connectivity index (χ2v) is 8.13. The molecule has 3 aromatic carbocycles. The second-order valence-electron chi connectivity index (χ2n) is 8.13. The Labute approximate surface area is 201 Å². The molecular formula is C28H32N2O4. The average Bonchev–Trinajstić information content (AvgIpc) is 2.87. The molecule has 0 radical (unpaired) electrons. The van der Waals surface area contributed by atoms with Crippen LogP contribution >= 0.6 is 0 Å². The molecule has 178 valence electrons. The molecule has 0 fully saturated rings. The van der Waals surface area contributed by atoms with Crippen molar-refractivity contribution in [2.24, 2.45) is 5.10 Å². The van der Waals surface area contributed by atoms with E-state index in [0.29, 0.717) is 29.0 Å². The van der Waals surface area contributed by atoms with Crippen molar-refractivity contribution >= 4 is 28.9 Å². The summed E-state index contributed by atoms with van der Waals surface area (Å²) in [6.07, 6.45) is 8.71. The molecule has 0 saturated heterocycles. The van der Waals surface area contributed by atoms with Crippen LogP contribution in [0.4, 0.5) is 0 Å². The average molecular weight is 461 g/mol. The van der Waals surface area contributed by atoms with Gasteiger partial charge in [0.25, 0.3) is 0 Å². The number of amides is 1. The van der Waals surface area contributed by atoms with Gasteiger partial charge in [0.05, 0.1) is 18.9 Å². The Bertz CT molecular complexity index is 1120. The number of esters is 1. The molecule has 0 saturated carbocycles. The number of hydrogen-bond acceptors (Lipinski definition) is 5. The first kappa shape index (κ1) is 25.0. The number of nitrogens with one attached hydrogen (secondary N) is 1. The van der Waals surface area contributed by atoms with Crippen LogP contribution in [0.3, 0.4) is 0 Å². The van der Waals surface area contributed by atoms with Gasteiger partial charge in [0, 0.05) is 12.0 Å². The first-order valence-corrected chi connectivity index (χ1v) is 11.8. The minimum Gasteiger partial charge on any atom is -0.497 e. The van der Waals surface area contributed by atoms with E-state index in [9.17, 15) is 9.59 Å². The SMILES string of the molecule is CCCCCCCCC(=O)N/N=C\c1c(OC(=O)c2ccc(OC)cc2)ccc2ccccc12. The Kier molecular flexibility index (Phi) is 9.65. The Morgan fingerprint density at radius 3 is 2.41 bits per heavy atom. The number of ether oxygens (including phenoxy) is 2. The van der Waals surface area contributed by atoms with E-state index in [0.717, 1.165) is 30.0 Å². The zero-order valence-corrected chi connectivity index (χ0v) is 19.9. The number of fused-ring (bicyclic) bond motifs is 1. The highest BCUT2D eigenvalue weighted by molar-refractivity contribution is 6.04. The Morgan fingerprint density at radius 1 is 0.912 bits per heavy atom. The number of hydrogen-bond donors (Lipinski definition) is 1. The quantitative estimate of drug-likeness (QED) is 0.114. The minimum atomic E-state index is -0.486. The van der Waals surface area contributed by atoms with Crippen molar-refractivity contribution in [2.75, 3.05) is 7.11 Å². The van der Waals surface area contributed by atoms with E-state index < -0.39 is 5.97 Å². The van der Waals surface area contributed by atoms with Crippen molar-refractivity contribution in [2.45, 2.75) is 51.9 Å². The molecule has 34 heavy (non-hydrogen) atoms. The number of carbonyl (C=O) groups is 2. The molecule has 3 aromatic rings. The molecule has 3 rings (SSSR count). The van der Waals surface area contributed by atoms with Gasteiger partial charge in [-0.15, -0.1) is 0 Å². The monoisotopic (exact) mass is 460 g/mol. The lowest BCUT2D eigenvalue weighted by molar-refractivity contribution is -0.121. The Balaban J connectivity index is 1.69. The maximum atomic E-state index is 12.7. The van der Waals surface area contributed by atoms with Crippen LogP contribution in [0.2, 0.25) is 0 Å². The lowest BCUT2D eigenvalue weighted by Crippen LogP contribution is -2.17. The van der Waals surface area contributed by atoms with Crippen LogP contribution in [0.5, 0.6) is 11.5 Å². The maximum Gasteiger partial charge on any atom is 0.343 e. The van der Waals surface area contributed by atoms with Gasteiger partial charge in [0.2, 0.25) is 5.91 Å². The second kappa shape index (κ2) is 13.1. The van der Waals surface area contributed by atoms with Gasteiger partial charge >= 0.3 is 5.97 Å². The molecule has 0 aliphatic rings. The standard InChI is InChI=1S/C28H32N2O4/c1-3-4-5-6-7-8-13-27(31)30-29-20-25-24-12-10-9-11-21(24)16-19-26(25)34-28(32)22-14-17-23(33-2)18-15-22/h9-12,14-20H,3-8,13H2,1-2H3,(H,30,31)/b29-20-. The molecule has 1 N–H and O–H groups in total. The lowest BCUT2D eigenvalue weighted by atomic mass is 10.0. The maximum absolute atomic E-state index is 12.7. The van der Waals surface area contributed by atoms with Crippen LogP contribution in [0, 0.1) is 0 Å². The number of carbonyl (C=O) groups excluding carboxylic acids is 2. The number of unbranched alkanes of at least 4 members (excludes halogenated alkanes) is 5. The highest BCUT2D eigenvalue weighted by Gasteiger charge is 2.14. The number of benzene rings is 3. The number of methoxy groups -OCH3 is 1. The minimum absolute atomic E-state index is 0.122. The summed E-state index contributed by atoms with van der Waals surface area (Å²) in [5.41, 5.74) is 3.63. The zero-order valence-electron chi connectivity index (χ0n) is 19.9. The summed E-state index contributed by atoms with van der Waals surface area (Å²) in [6.45, 7) is 2.19. The molecular weight excluding hydrogens is 428 g/mol. The van der Waals surface area contributed by atoms with Crippen LogP contribution in [-0.2, 0) is 4.79 Å². The molecule has 6 heteroatoms. The highest BCUT2D eigenvalue weighted by Crippen LogP contribution is 2.27. The Hall–Kier alpha value is -3.67. The van der Waals surface area contributed by atoms with Gasteiger partial charge in [-0.2, -0.15) is 5.10 Å². The molecule has 6 nitrogen and oxygen atoms in total. The van der Waals surface area contributed by atoms with Crippen LogP contribution < -0.4 is 14.9 Å². The van der Waals surface area contributed by atoms with Crippen molar-refractivity contribution in [1.82, 2.24) is 5.43 Å². The first-order chi connectivity index (χ1) is 16.6. The predicted octanol–water partition coefficient (Wildman–Crippen LogP) is 6.27. The number of nitrogens with zero attached hydrogens (tertiary/aromatic N) is 1. The third-order valence-corrected chi connectivity index (χ3v) is 5.60. The fourth-order valence-corrected chi connectivity index (χ4v) is 3.67. The van der Waals surface area contributed by atoms with Crippen molar-refractivity contribution < 1.29 is 19.1 Å². The predicted molar refractivity (Wildman–Crippen MR) is 136 cm³/mol. The third-order valence-electron chi connectivity index (χ3n) is 5.60. The van der Waals surface area contributed by atoms with E-state index in [1.54, 1.807) is 37.4 Å². The number of rotatable bonds is 12. The highest BCUT2D eigenvalue weighted by atomic mass is 16.5. The molecule has 1 amide bonds. The molecule has 0 atom stereocenters. The fraction of sp³-hybridized carbons (Fsp3) is 0.321. The van der Waals surface area contributed by atoms with Gasteiger partial charge in [-0.05, 0) is 47.5 Å². The summed E-state index contributed by atoms with van der Waals surface area (Å²) >= 11 is 0. The van der Waals surface area contributed by atoms with E-state index in [2.05, 4.69) is 17.5 Å². The van der Waals surface area contributed by atoms with Gasteiger partial charge < -0.3 is 9.47 Å². The van der Waals surface area contributed by atoms with E-state index in [1.165, 1.54) is 25.5 Å². The van der Waals surface area contributed by atoms with Crippen LogP contribution in [-0.4, -0.2) is 25.2 Å². The summed E-state index contributed by atoms with van der Waals surface area (Å²) in [7, 11) is 1.57. The van der Waals surface area contributed by atoms with E-state index in [-0.39, 0.29) is 5.91 Å². The summed E-state index contributed by atoms with van der Waals surface area (Å²) in [4.78, 5) is 24.9. The molecule has 0 aliphatic heterocycles. The topological polar surface area (TPSA) is 77.0 Å². The van der Waals surface area contributed by atoms with Gasteiger partial charge in [0.1, 0.15) is 11.5 Å².